The topological polar surface area (TPSA) is 32.3 Å². The predicted octanol–water partition coefficient (Wildman–Crippen LogP) is 2.75. The fraction of sp³-hybridized carbons (Fsp3) is 0.611. The Hall–Kier alpha value is -1.42. The van der Waals surface area contributed by atoms with Crippen LogP contribution < -0.4 is 5.32 Å². The molecule has 1 aromatic rings. The van der Waals surface area contributed by atoms with Crippen molar-refractivity contribution in [2.24, 2.45) is 5.92 Å². The van der Waals surface area contributed by atoms with Crippen LogP contribution in [0.2, 0.25) is 0 Å². The number of carbonyl (C=O) groups is 1. The summed E-state index contributed by atoms with van der Waals surface area (Å²) in [6.45, 7) is 3.79. The lowest BCUT2D eigenvalue weighted by Crippen LogP contribution is -2.45. The molecule has 1 aromatic carbocycles. The average Bonchev–Trinajstić information content (AvgIpc) is 3.32. The van der Waals surface area contributed by atoms with E-state index in [1.165, 1.54) is 6.07 Å². The zero-order chi connectivity index (χ0) is 15.5. The van der Waals surface area contributed by atoms with E-state index in [9.17, 15) is 9.18 Å². The number of hydrogen-bond acceptors (Lipinski definition) is 2. The minimum atomic E-state index is -0.200. The number of rotatable bonds is 5. The number of nitrogens with one attached hydrogen (secondary N) is 1. The molecule has 1 saturated heterocycles. The molecule has 1 saturated carbocycles. The van der Waals surface area contributed by atoms with Crippen molar-refractivity contribution in [2.75, 3.05) is 13.1 Å². The highest BCUT2D eigenvalue weighted by Crippen LogP contribution is 2.30. The monoisotopic (exact) mass is 304 g/mol. The maximum atomic E-state index is 13.3. The Labute approximate surface area is 131 Å². The Bertz CT molecular complexity index is 530. The van der Waals surface area contributed by atoms with Crippen molar-refractivity contribution >= 4 is 5.91 Å². The van der Waals surface area contributed by atoms with Gasteiger partial charge in [-0.05, 0) is 63.3 Å². The minimum absolute atomic E-state index is 0.157. The van der Waals surface area contributed by atoms with Gasteiger partial charge in [0.1, 0.15) is 5.82 Å². The van der Waals surface area contributed by atoms with E-state index in [4.69, 9.17) is 0 Å². The van der Waals surface area contributed by atoms with Gasteiger partial charge in [0.25, 0.3) is 0 Å². The largest absolute Gasteiger partial charge is 0.339 e. The first-order valence-corrected chi connectivity index (χ1v) is 8.42. The van der Waals surface area contributed by atoms with Gasteiger partial charge in [-0.2, -0.15) is 0 Å². The molecule has 0 unspecified atom stereocenters. The molecule has 2 atom stereocenters. The van der Waals surface area contributed by atoms with Gasteiger partial charge in [0, 0.05) is 24.5 Å². The predicted molar refractivity (Wildman–Crippen MR) is 85.0 cm³/mol. The van der Waals surface area contributed by atoms with Gasteiger partial charge in [-0.25, -0.2) is 4.39 Å². The summed E-state index contributed by atoms with van der Waals surface area (Å²) in [6.07, 6.45) is 4.85. The van der Waals surface area contributed by atoms with E-state index >= 15 is 0 Å². The third-order valence-electron chi connectivity index (χ3n) is 4.77. The standard InChI is InChI=1S/C18H25FN2O/c1-13-11-15(7-9-20-13)18(22)21(17-5-6-17)10-8-14-3-2-4-16(19)12-14/h2-4,12-13,15,17,20H,5-11H2,1H3/t13-,15-/m0/s1. The number of piperidine rings is 1. The minimum Gasteiger partial charge on any atom is -0.339 e. The first-order chi connectivity index (χ1) is 10.6. The summed E-state index contributed by atoms with van der Waals surface area (Å²) in [5.41, 5.74) is 0.970. The van der Waals surface area contributed by atoms with Crippen LogP contribution in [0.5, 0.6) is 0 Å². The molecule has 3 rings (SSSR count). The van der Waals surface area contributed by atoms with Crippen molar-refractivity contribution in [1.82, 2.24) is 10.2 Å². The van der Waals surface area contributed by atoms with Gasteiger partial charge in [-0.15, -0.1) is 0 Å². The molecule has 0 spiro atoms. The Morgan fingerprint density at radius 3 is 2.86 bits per heavy atom. The van der Waals surface area contributed by atoms with E-state index in [1.54, 1.807) is 12.1 Å². The Kier molecular flexibility index (Phi) is 4.77. The molecule has 2 aliphatic rings. The lowest BCUT2D eigenvalue weighted by molar-refractivity contribution is -0.137. The van der Waals surface area contributed by atoms with Crippen LogP contribution in [0.25, 0.3) is 0 Å². The fourth-order valence-electron chi connectivity index (χ4n) is 3.39. The summed E-state index contributed by atoms with van der Waals surface area (Å²) < 4.78 is 13.3. The SMILES string of the molecule is C[C@H]1C[C@@H](C(=O)N(CCc2cccc(F)c2)C2CC2)CCN1. The second-order valence-corrected chi connectivity index (χ2v) is 6.72. The van der Waals surface area contributed by atoms with Gasteiger partial charge in [0.2, 0.25) is 5.91 Å². The molecule has 120 valence electrons. The Morgan fingerprint density at radius 2 is 2.18 bits per heavy atom. The van der Waals surface area contributed by atoms with Crippen LogP contribution in [0.1, 0.15) is 38.2 Å². The van der Waals surface area contributed by atoms with Crippen molar-refractivity contribution in [3.05, 3.63) is 35.6 Å². The molecule has 0 aromatic heterocycles. The van der Waals surface area contributed by atoms with Gasteiger partial charge in [-0.3, -0.25) is 4.79 Å². The second-order valence-electron chi connectivity index (χ2n) is 6.72. The van der Waals surface area contributed by atoms with E-state index in [2.05, 4.69) is 17.1 Å². The van der Waals surface area contributed by atoms with Crippen LogP contribution in [-0.2, 0) is 11.2 Å². The van der Waals surface area contributed by atoms with Crippen LogP contribution in [0.3, 0.4) is 0 Å². The molecule has 3 nitrogen and oxygen atoms in total. The van der Waals surface area contributed by atoms with Crippen LogP contribution in [0.15, 0.2) is 24.3 Å². The number of carbonyl (C=O) groups excluding carboxylic acids is 1. The van der Waals surface area contributed by atoms with E-state index < -0.39 is 0 Å². The number of benzene rings is 1. The van der Waals surface area contributed by atoms with Crippen molar-refractivity contribution in [3.63, 3.8) is 0 Å². The summed E-state index contributed by atoms with van der Waals surface area (Å²) in [6, 6.07) is 7.55. The number of amides is 1. The van der Waals surface area contributed by atoms with Crippen molar-refractivity contribution < 1.29 is 9.18 Å². The smallest absolute Gasteiger partial charge is 0.226 e. The van der Waals surface area contributed by atoms with Gasteiger partial charge in [0.15, 0.2) is 0 Å². The van der Waals surface area contributed by atoms with E-state index in [1.807, 2.05) is 6.07 Å². The molecule has 1 aliphatic carbocycles. The quantitative estimate of drug-likeness (QED) is 0.907. The zero-order valence-corrected chi connectivity index (χ0v) is 13.2. The lowest BCUT2D eigenvalue weighted by atomic mass is 9.91. The summed E-state index contributed by atoms with van der Waals surface area (Å²) in [7, 11) is 0. The summed E-state index contributed by atoms with van der Waals surface area (Å²) in [5.74, 6) is 0.269. The molecule has 1 N–H and O–H groups in total. The third-order valence-corrected chi connectivity index (χ3v) is 4.77. The normalized spacial score (nSPS) is 25.0. The number of nitrogens with zero attached hydrogens (tertiary/aromatic N) is 1. The van der Waals surface area contributed by atoms with Crippen molar-refractivity contribution in [2.45, 2.75) is 51.1 Å². The van der Waals surface area contributed by atoms with Crippen LogP contribution in [-0.4, -0.2) is 36.0 Å². The van der Waals surface area contributed by atoms with E-state index in [-0.39, 0.29) is 11.7 Å². The molecule has 0 radical (unpaired) electrons. The van der Waals surface area contributed by atoms with Gasteiger partial charge in [0.05, 0.1) is 0 Å². The van der Waals surface area contributed by atoms with Crippen LogP contribution in [0.4, 0.5) is 4.39 Å². The highest BCUT2D eigenvalue weighted by atomic mass is 19.1. The van der Waals surface area contributed by atoms with Gasteiger partial charge in [-0.1, -0.05) is 12.1 Å². The summed E-state index contributed by atoms with van der Waals surface area (Å²) in [5, 5.41) is 3.40. The van der Waals surface area contributed by atoms with Crippen molar-refractivity contribution in [3.8, 4) is 0 Å². The maximum Gasteiger partial charge on any atom is 0.226 e. The third kappa shape index (κ3) is 3.86. The highest BCUT2D eigenvalue weighted by molar-refractivity contribution is 5.79. The second kappa shape index (κ2) is 6.78. The van der Waals surface area contributed by atoms with Crippen molar-refractivity contribution in [1.29, 1.82) is 0 Å². The first-order valence-electron chi connectivity index (χ1n) is 8.42. The number of halogens is 1. The number of hydrogen-bond donors (Lipinski definition) is 1. The first kappa shape index (κ1) is 15.5. The van der Waals surface area contributed by atoms with Crippen LogP contribution >= 0.6 is 0 Å². The molecule has 1 heterocycles. The van der Waals surface area contributed by atoms with E-state index in [0.717, 1.165) is 44.2 Å². The molecular weight excluding hydrogens is 279 g/mol. The lowest BCUT2D eigenvalue weighted by Gasteiger charge is -2.32. The molecule has 22 heavy (non-hydrogen) atoms. The Balaban J connectivity index is 1.61. The molecule has 1 amide bonds. The summed E-state index contributed by atoms with van der Waals surface area (Å²) >= 11 is 0. The molecule has 1 aliphatic heterocycles. The average molecular weight is 304 g/mol. The molecule has 2 fully saturated rings. The van der Waals surface area contributed by atoms with E-state index in [0.29, 0.717) is 24.5 Å². The van der Waals surface area contributed by atoms with Crippen LogP contribution in [0, 0.1) is 11.7 Å². The Morgan fingerprint density at radius 1 is 1.36 bits per heavy atom. The highest BCUT2D eigenvalue weighted by Gasteiger charge is 2.36. The van der Waals surface area contributed by atoms with Gasteiger partial charge < -0.3 is 10.2 Å². The molecule has 4 heteroatoms. The molecular formula is C18H25FN2O. The van der Waals surface area contributed by atoms with Gasteiger partial charge >= 0.3 is 0 Å². The zero-order valence-electron chi connectivity index (χ0n) is 13.2. The maximum absolute atomic E-state index is 13.3. The summed E-state index contributed by atoms with van der Waals surface area (Å²) in [4.78, 5) is 14.9. The molecule has 0 bridgehead atoms. The fourth-order valence-corrected chi connectivity index (χ4v) is 3.39.